The molecule has 122 valence electrons. The first-order valence-electron chi connectivity index (χ1n) is 7.97. The van der Waals surface area contributed by atoms with E-state index >= 15 is 0 Å². The topological polar surface area (TPSA) is 49.4 Å². The van der Waals surface area contributed by atoms with Crippen molar-refractivity contribution >= 4 is 15.7 Å². The van der Waals surface area contributed by atoms with Gasteiger partial charge < -0.3 is 5.32 Å². The Morgan fingerprint density at radius 2 is 1.70 bits per heavy atom. The molecule has 1 unspecified atom stereocenters. The molecule has 1 heterocycles. The fourth-order valence-corrected chi connectivity index (χ4v) is 4.51. The SMILES string of the molecule is CCCCNC1c2ccccc2N(C)S(=O)(=O)c2ccccc21. The van der Waals surface area contributed by atoms with Crippen LogP contribution in [0.25, 0.3) is 0 Å². The lowest BCUT2D eigenvalue weighted by atomic mass is 9.97. The number of para-hydroxylation sites is 1. The number of hydrogen-bond acceptors (Lipinski definition) is 3. The van der Waals surface area contributed by atoms with Crippen molar-refractivity contribution in [1.82, 2.24) is 5.32 Å². The monoisotopic (exact) mass is 330 g/mol. The number of benzene rings is 2. The molecule has 3 rings (SSSR count). The van der Waals surface area contributed by atoms with E-state index in [2.05, 4.69) is 12.2 Å². The molecule has 23 heavy (non-hydrogen) atoms. The number of unbranched alkanes of at least 4 members (excludes halogenated alkanes) is 1. The molecule has 1 aliphatic rings. The lowest BCUT2D eigenvalue weighted by molar-refractivity contribution is 0.570. The quantitative estimate of drug-likeness (QED) is 0.875. The molecule has 0 radical (unpaired) electrons. The first kappa shape index (κ1) is 16.0. The van der Waals surface area contributed by atoms with E-state index in [0.29, 0.717) is 4.90 Å². The third-order valence-electron chi connectivity index (χ3n) is 4.33. The molecule has 0 spiro atoms. The summed E-state index contributed by atoms with van der Waals surface area (Å²) in [5, 5.41) is 3.54. The van der Waals surface area contributed by atoms with E-state index in [4.69, 9.17) is 0 Å². The van der Waals surface area contributed by atoms with Gasteiger partial charge in [0.1, 0.15) is 0 Å². The number of anilines is 1. The van der Waals surface area contributed by atoms with Gasteiger partial charge in [0.25, 0.3) is 10.0 Å². The molecular formula is C18H22N2O2S. The minimum Gasteiger partial charge on any atom is -0.306 e. The third-order valence-corrected chi connectivity index (χ3v) is 6.18. The van der Waals surface area contributed by atoms with Crippen molar-refractivity contribution in [2.24, 2.45) is 0 Å². The predicted molar refractivity (Wildman–Crippen MR) is 93.2 cm³/mol. The van der Waals surface area contributed by atoms with Crippen LogP contribution in [0.5, 0.6) is 0 Å². The highest BCUT2D eigenvalue weighted by Gasteiger charge is 2.34. The Labute approximate surface area is 138 Å². The Bertz CT molecular complexity index is 802. The summed E-state index contributed by atoms with van der Waals surface area (Å²) >= 11 is 0. The lowest BCUT2D eigenvalue weighted by Crippen LogP contribution is -2.26. The van der Waals surface area contributed by atoms with E-state index < -0.39 is 10.0 Å². The maximum absolute atomic E-state index is 13.0. The molecule has 0 saturated carbocycles. The maximum Gasteiger partial charge on any atom is 0.264 e. The number of fused-ring (bicyclic) bond motifs is 2. The third kappa shape index (κ3) is 2.75. The van der Waals surface area contributed by atoms with E-state index in [1.165, 1.54) is 4.31 Å². The molecule has 1 aliphatic heterocycles. The summed E-state index contributed by atoms with van der Waals surface area (Å²) in [5.74, 6) is 0. The molecule has 4 nitrogen and oxygen atoms in total. The van der Waals surface area contributed by atoms with Gasteiger partial charge in [0.05, 0.1) is 16.6 Å². The summed E-state index contributed by atoms with van der Waals surface area (Å²) in [5.41, 5.74) is 2.55. The van der Waals surface area contributed by atoms with Crippen molar-refractivity contribution < 1.29 is 8.42 Å². The number of nitrogens with zero attached hydrogens (tertiary/aromatic N) is 1. The average Bonchev–Trinajstić information content (AvgIpc) is 2.64. The molecule has 2 aromatic carbocycles. The van der Waals surface area contributed by atoms with E-state index in [9.17, 15) is 8.42 Å². The highest BCUT2D eigenvalue weighted by molar-refractivity contribution is 7.92. The summed E-state index contributed by atoms with van der Waals surface area (Å²) in [4.78, 5) is 0.382. The highest BCUT2D eigenvalue weighted by atomic mass is 32.2. The van der Waals surface area contributed by atoms with Crippen molar-refractivity contribution in [3.63, 3.8) is 0 Å². The van der Waals surface area contributed by atoms with Crippen LogP contribution in [-0.4, -0.2) is 22.0 Å². The van der Waals surface area contributed by atoms with Gasteiger partial charge >= 0.3 is 0 Å². The summed E-state index contributed by atoms with van der Waals surface area (Å²) in [6, 6.07) is 14.9. The van der Waals surface area contributed by atoms with Gasteiger partial charge in [-0.25, -0.2) is 8.42 Å². The van der Waals surface area contributed by atoms with Crippen LogP contribution in [0.1, 0.15) is 36.9 Å². The van der Waals surface area contributed by atoms with Gasteiger partial charge in [0, 0.05) is 7.05 Å². The Morgan fingerprint density at radius 3 is 2.43 bits per heavy atom. The Hall–Kier alpha value is -1.85. The van der Waals surface area contributed by atoms with Crippen molar-refractivity contribution in [3.8, 4) is 0 Å². The van der Waals surface area contributed by atoms with Crippen LogP contribution in [0.2, 0.25) is 0 Å². The van der Waals surface area contributed by atoms with Crippen LogP contribution < -0.4 is 9.62 Å². The van der Waals surface area contributed by atoms with Gasteiger partial charge in [0.15, 0.2) is 0 Å². The number of nitrogens with one attached hydrogen (secondary N) is 1. The molecule has 0 bridgehead atoms. The van der Waals surface area contributed by atoms with E-state index in [1.807, 2.05) is 36.4 Å². The summed E-state index contributed by atoms with van der Waals surface area (Å²) in [6.07, 6.45) is 2.16. The minimum absolute atomic E-state index is 0.117. The van der Waals surface area contributed by atoms with Gasteiger partial charge in [-0.05, 0) is 36.2 Å². The zero-order valence-electron chi connectivity index (χ0n) is 13.5. The zero-order chi connectivity index (χ0) is 16.4. The highest BCUT2D eigenvalue weighted by Crippen LogP contribution is 2.39. The normalized spacial score (nSPS) is 18.9. The average molecular weight is 330 g/mol. The number of rotatable bonds is 4. The number of hydrogen-bond donors (Lipinski definition) is 1. The van der Waals surface area contributed by atoms with Gasteiger partial charge in [-0.2, -0.15) is 0 Å². The second-order valence-corrected chi connectivity index (χ2v) is 7.75. The van der Waals surface area contributed by atoms with Gasteiger partial charge in [0.2, 0.25) is 0 Å². The fourth-order valence-electron chi connectivity index (χ4n) is 3.06. The van der Waals surface area contributed by atoms with Gasteiger partial charge in [-0.1, -0.05) is 49.7 Å². The van der Waals surface area contributed by atoms with Crippen molar-refractivity contribution in [1.29, 1.82) is 0 Å². The maximum atomic E-state index is 13.0. The van der Waals surface area contributed by atoms with Crippen LogP contribution in [0.3, 0.4) is 0 Å². The molecule has 1 N–H and O–H groups in total. The van der Waals surface area contributed by atoms with Crippen LogP contribution >= 0.6 is 0 Å². The minimum atomic E-state index is -3.54. The molecule has 5 heteroatoms. The molecule has 1 atom stereocenters. The second-order valence-electron chi connectivity index (χ2n) is 5.81. The van der Waals surface area contributed by atoms with Gasteiger partial charge in [-0.15, -0.1) is 0 Å². The fraction of sp³-hybridized carbons (Fsp3) is 0.333. The molecule has 0 aliphatic carbocycles. The predicted octanol–water partition coefficient (Wildman–Crippen LogP) is 3.30. The van der Waals surface area contributed by atoms with Crippen molar-refractivity contribution in [3.05, 3.63) is 59.7 Å². The van der Waals surface area contributed by atoms with E-state index in [0.717, 1.165) is 36.2 Å². The van der Waals surface area contributed by atoms with E-state index in [1.54, 1.807) is 19.2 Å². The largest absolute Gasteiger partial charge is 0.306 e. The van der Waals surface area contributed by atoms with Crippen molar-refractivity contribution in [2.45, 2.75) is 30.7 Å². The van der Waals surface area contributed by atoms with E-state index in [-0.39, 0.29) is 6.04 Å². The standard InChI is InChI=1S/C18H22N2O2S/c1-3-4-13-19-18-14-9-5-7-11-16(14)20(2)23(21,22)17-12-8-6-10-15(17)18/h5-12,18-19H,3-4,13H2,1-2H3. The van der Waals surface area contributed by atoms with Crippen LogP contribution in [0.4, 0.5) is 5.69 Å². The Balaban J connectivity index is 2.21. The second kappa shape index (κ2) is 6.34. The van der Waals surface area contributed by atoms with Gasteiger partial charge in [-0.3, -0.25) is 4.31 Å². The Morgan fingerprint density at radius 1 is 1.04 bits per heavy atom. The molecule has 0 amide bonds. The summed E-state index contributed by atoms with van der Waals surface area (Å²) in [7, 11) is -1.92. The molecule has 0 aromatic heterocycles. The van der Waals surface area contributed by atoms with Crippen molar-refractivity contribution in [2.75, 3.05) is 17.9 Å². The molecular weight excluding hydrogens is 308 g/mol. The smallest absolute Gasteiger partial charge is 0.264 e. The first-order chi connectivity index (χ1) is 11.1. The van der Waals surface area contributed by atoms with Crippen LogP contribution in [0.15, 0.2) is 53.4 Å². The number of sulfonamides is 1. The first-order valence-corrected chi connectivity index (χ1v) is 9.41. The zero-order valence-corrected chi connectivity index (χ0v) is 14.3. The summed E-state index contributed by atoms with van der Waals surface area (Å²) in [6.45, 7) is 3.00. The molecule has 2 aromatic rings. The van der Waals surface area contributed by atoms with Crippen LogP contribution in [0, 0.1) is 0 Å². The van der Waals surface area contributed by atoms with Crippen LogP contribution in [-0.2, 0) is 10.0 Å². The molecule has 0 saturated heterocycles. The Kier molecular flexibility index (Phi) is 4.41. The summed E-state index contributed by atoms with van der Waals surface area (Å²) < 4.78 is 27.3. The molecule has 0 fully saturated rings. The lowest BCUT2D eigenvalue weighted by Gasteiger charge is -2.22.